The normalized spacial score (nSPS) is 10.7. The van der Waals surface area contributed by atoms with Crippen molar-refractivity contribution < 1.29 is 29.7 Å². The number of nitrogens with zero attached hydrogens (tertiary/aromatic N) is 3. The van der Waals surface area contributed by atoms with Crippen LogP contribution in [0.4, 0.5) is 17.1 Å². The van der Waals surface area contributed by atoms with Gasteiger partial charge in [0, 0.05) is 36.5 Å². The van der Waals surface area contributed by atoms with Gasteiger partial charge in [-0.15, -0.1) is 22.7 Å². The van der Waals surface area contributed by atoms with Crippen LogP contribution >= 0.6 is 22.7 Å². The van der Waals surface area contributed by atoms with Crippen molar-refractivity contribution in [3.05, 3.63) is 151 Å². The van der Waals surface area contributed by atoms with E-state index in [1.807, 2.05) is 110 Å². The summed E-state index contributed by atoms with van der Waals surface area (Å²) in [4.78, 5) is 11.5. The fourth-order valence-electron chi connectivity index (χ4n) is 5.23. The number of para-hydroxylation sites is 4. The number of phenols is 2. The number of hydrogen-bond acceptors (Lipinski definition) is 7. The number of benzene rings is 6. The smallest absolute Gasteiger partial charge is 0.128 e. The minimum absolute atomic E-state index is 0. The Hall–Kier alpha value is -4.88. The van der Waals surface area contributed by atoms with E-state index in [2.05, 4.69) is 40.2 Å². The van der Waals surface area contributed by atoms with E-state index in [0.717, 1.165) is 64.2 Å². The van der Waals surface area contributed by atoms with Gasteiger partial charge in [0.15, 0.2) is 0 Å². The molecule has 226 valence electrons. The monoisotopic (exact) mass is 699 g/mol. The third-order valence-corrected chi connectivity index (χ3v) is 9.61. The second kappa shape index (κ2) is 14.3. The van der Waals surface area contributed by atoms with Crippen molar-refractivity contribution in [3.8, 4) is 32.6 Å². The molecule has 0 fully saturated rings. The van der Waals surface area contributed by atoms with Crippen molar-refractivity contribution in [2.75, 3.05) is 4.90 Å². The Morgan fingerprint density at radius 3 is 1.45 bits per heavy atom. The molecule has 0 spiro atoms. The Morgan fingerprint density at radius 1 is 0.489 bits per heavy atom. The van der Waals surface area contributed by atoms with Crippen molar-refractivity contribution in [1.29, 1.82) is 0 Å². The van der Waals surface area contributed by atoms with Crippen LogP contribution in [-0.4, -0.2) is 20.2 Å². The first-order chi connectivity index (χ1) is 22.5. The van der Waals surface area contributed by atoms with Crippen molar-refractivity contribution in [2.45, 2.75) is 6.92 Å². The van der Waals surface area contributed by atoms with Crippen LogP contribution in [0.5, 0.6) is 11.5 Å². The van der Waals surface area contributed by atoms with Gasteiger partial charge in [-0.1, -0.05) is 72.3 Å². The SMILES string of the molecule is Cc1ccc(O)c(-c2nc3ccccc3s2)c1.Oc1ccc(N(c2ccccc2)c2ccccc2)cc1-c1nc2ccccc2s1.[Zn]. The van der Waals surface area contributed by atoms with E-state index in [0.29, 0.717) is 0 Å². The molecule has 0 atom stereocenters. The molecule has 0 radical (unpaired) electrons. The summed E-state index contributed by atoms with van der Waals surface area (Å²) < 4.78 is 2.25. The Kier molecular flexibility index (Phi) is 9.74. The summed E-state index contributed by atoms with van der Waals surface area (Å²) in [7, 11) is 0. The first-order valence-corrected chi connectivity index (χ1v) is 16.4. The van der Waals surface area contributed by atoms with Gasteiger partial charge in [0.05, 0.1) is 31.6 Å². The van der Waals surface area contributed by atoms with Crippen molar-refractivity contribution in [2.24, 2.45) is 0 Å². The summed E-state index contributed by atoms with van der Waals surface area (Å²) in [6.07, 6.45) is 0. The fourth-order valence-corrected chi connectivity index (χ4v) is 7.21. The molecule has 8 aromatic rings. The summed E-state index contributed by atoms with van der Waals surface area (Å²) in [5, 5.41) is 22.1. The van der Waals surface area contributed by atoms with Gasteiger partial charge in [0.2, 0.25) is 0 Å². The standard InChI is InChI=1S/C25H18N2OS.C14H11NOS.Zn/c28-23-16-15-20(17-21(23)25-26-22-13-7-8-14-24(22)29-25)27(18-9-3-1-4-10-18)19-11-5-2-6-12-19;1-9-6-7-12(16)10(8-9)14-15-11-4-2-3-5-13(11)17-14;/h1-17,28H;2-8,16H,1H3;. The van der Waals surface area contributed by atoms with Gasteiger partial charge < -0.3 is 15.1 Å². The molecule has 0 aliphatic rings. The maximum absolute atomic E-state index is 10.6. The van der Waals surface area contributed by atoms with Crippen LogP contribution in [0, 0.1) is 6.92 Å². The summed E-state index contributed by atoms with van der Waals surface area (Å²) in [5.74, 6) is 0.517. The molecule has 0 aliphatic carbocycles. The minimum Gasteiger partial charge on any atom is -0.507 e. The Labute approximate surface area is 293 Å². The number of anilines is 3. The number of fused-ring (bicyclic) bond motifs is 2. The van der Waals surface area contributed by atoms with Gasteiger partial charge in [-0.2, -0.15) is 0 Å². The number of rotatable bonds is 5. The van der Waals surface area contributed by atoms with Crippen LogP contribution in [0.25, 0.3) is 41.6 Å². The number of phenolic OH excluding ortho intramolecular Hbond substituents is 2. The molecule has 2 heterocycles. The van der Waals surface area contributed by atoms with Crippen molar-refractivity contribution in [3.63, 3.8) is 0 Å². The molecule has 0 bridgehead atoms. The fraction of sp³-hybridized carbons (Fsp3) is 0.0256. The molecule has 47 heavy (non-hydrogen) atoms. The molecule has 2 aromatic heterocycles. The number of aromatic hydroxyl groups is 2. The van der Waals surface area contributed by atoms with Crippen LogP contribution in [0.2, 0.25) is 0 Å². The van der Waals surface area contributed by atoms with Gasteiger partial charge in [0.1, 0.15) is 21.5 Å². The molecule has 0 saturated carbocycles. The Balaban J connectivity index is 0.000000183. The van der Waals surface area contributed by atoms with E-state index < -0.39 is 0 Å². The predicted molar refractivity (Wildman–Crippen MR) is 193 cm³/mol. The van der Waals surface area contributed by atoms with E-state index in [1.165, 1.54) is 0 Å². The van der Waals surface area contributed by atoms with E-state index in [-0.39, 0.29) is 31.0 Å². The van der Waals surface area contributed by atoms with Crippen LogP contribution in [-0.2, 0) is 19.5 Å². The molecular formula is C39H29N3O2S2Zn. The Bertz CT molecular complexity index is 2160. The number of thiazole rings is 2. The first-order valence-electron chi connectivity index (χ1n) is 14.8. The molecule has 0 saturated heterocycles. The average molecular weight is 701 g/mol. The van der Waals surface area contributed by atoms with Gasteiger partial charge in [0.25, 0.3) is 0 Å². The molecule has 0 unspecified atom stereocenters. The zero-order valence-corrected chi connectivity index (χ0v) is 30.2. The molecule has 0 amide bonds. The summed E-state index contributed by atoms with van der Waals surface area (Å²) >= 11 is 3.19. The molecule has 8 heteroatoms. The molecule has 2 N–H and O–H groups in total. The number of hydrogen-bond donors (Lipinski definition) is 2. The zero-order valence-electron chi connectivity index (χ0n) is 25.6. The quantitative estimate of drug-likeness (QED) is 0.175. The number of aryl methyl sites for hydroxylation is 1. The molecule has 8 rings (SSSR count). The third-order valence-electron chi connectivity index (χ3n) is 7.47. The second-order valence-electron chi connectivity index (χ2n) is 10.7. The average Bonchev–Trinajstić information content (AvgIpc) is 3.73. The maximum atomic E-state index is 10.6. The second-order valence-corrected chi connectivity index (χ2v) is 12.8. The first kappa shape index (κ1) is 32.1. The summed E-state index contributed by atoms with van der Waals surface area (Å²) in [5.41, 5.74) is 7.67. The van der Waals surface area contributed by atoms with Crippen LogP contribution in [0.15, 0.2) is 146 Å². The van der Waals surface area contributed by atoms with E-state index >= 15 is 0 Å². The van der Waals surface area contributed by atoms with Gasteiger partial charge in [-0.05, 0) is 85.8 Å². The molecule has 5 nitrogen and oxygen atoms in total. The van der Waals surface area contributed by atoms with Crippen molar-refractivity contribution in [1.82, 2.24) is 9.97 Å². The summed E-state index contributed by atoms with van der Waals surface area (Å²) in [6.45, 7) is 2.01. The van der Waals surface area contributed by atoms with Gasteiger partial charge in [-0.25, -0.2) is 9.97 Å². The number of aromatic nitrogens is 2. The van der Waals surface area contributed by atoms with Gasteiger partial charge in [-0.3, -0.25) is 0 Å². The molecule has 6 aromatic carbocycles. The van der Waals surface area contributed by atoms with E-state index in [1.54, 1.807) is 34.8 Å². The van der Waals surface area contributed by atoms with Crippen LogP contribution in [0.1, 0.15) is 5.56 Å². The summed E-state index contributed by atoms with van der Waals surface area (Å²) in [6, 6.07) is 47.8. The van der Waals surface area contributed by atoms with Gasteiger partial charge >= 0.3 is 0 Å². The predicted octanol–water partition coefficient (Wildman–Crippen LogP) is 11.1. The van der Waals surface area contributed by atoms with Crippen LogP contribution < -0.4 is 4.90 Å². The van der Waals surface area contributed by atoms with E-state index in [4.69, 9.17) is 4.98 Å². The van der Waals surface area contributed by atoms with Crippen molar-refractivity contribution >= 4 is 60.2 Å². The largest absolute Gasteiger partial charge is 0.507 e. The molecule has 0 aliphatic heterocycles. The zero-order chi connectivity index (χ0) is 31.5. The van der Waals surface area contributed by atoms with E-state index in [9.17, 15) is 10.2 Å². The minimum atomic E-state index is 0. The maximum Gasteiger partial charge on any atom is 0.128 e. The topological polar surface area (TPSA) is 69.5 Å². The Morgan fingerprint density at radius 2 is 0.936 bits per heavy atom. The molecular weight excluding hydrogens is 672 g/mol. The third kappa shape index (κ3) is 6.96. The van der Waals surface area contributed by atoms with Crippen LogP contribution in [0.3, 0.4) is 0 Å².